The fraction of sp³-hybridized carbons (Fsp3) is 0.436. The zero-order valence-electron chi connectivity index (χ0n) is 32.2. The maximum absolute atomic E-state index is 12.5. The lowest BCUT2D eigenvalue weighted by Crippen LogP contribution is -3.11. The Labute approximate surface area is 345 Å². The predicted octanol–water partition coefficient (Wildman–Crippen LogP) is -4.45. The van der Waals surface area contributed by atoms with E-state index in [4.69, 9.17) is 28.4 Å². The molecule has 2 aromatic rings. The molecule has 11 atom stereocenters. The number of ether oxygens (including phenoxy) is 6. The molecule has 0 aliphatic carbocycles. The molecule has 0 saturated carbocycles. The van der Waals surface area contributed by atoms with Crippen molar-refractivity contribution in [1.82, 2.24) is 5.32 Å². The van der Waals surface area contributed by atoms with Crippen LogP contribution in [0.15, 0.2) is 59.8 Å². The number of rotatable bonds is 15. The number of carbonyl (C=O) groups is 4. The maximum Gasteiger partial charge on any atom is 0.351 e. The van der Waals surface area contributed by atoms with Gasteiger partial charge in [-0.05, 0) is 47.6 Å². The van der Waals surface area contributed by atoms with Crippen LogP contribution in [0.3, 0.4) is 0 Å². The number of aliphatic carboxylic acids is 3. The van der Waals surface area contributed by atoms with Crippen molar-refractivity contribution in [3.05, 3.63) is 71.0 Å². The number of phenolic OH excluding ortho intramolecular Hbond substituents is 2. The van der Waals surface area contributed by atoms with Crippen LogP contribution in [-0.2, 0) is 44.5 Å². The molecule has 0 amide bonds. The SMILES string of the molecule is COc1cc(C=CC(=O)OC[C@@]2(O)CO[C@@H](O[C@H]3[C@H](Oc4cc5c(cc4O)[NH+](CC=C4C=C(C(=O)O)N[C@H](C(=O)O)C4)[C@H](C(=O)[O-])C5)O[C@H](CO)[C@@H](O)[C@@H]3O)[C@@H]2O)ccc1O. The number of benzene rings is 2. The summed E-state index contributed by atoms with van der Waals surface area (Å²) in [7, 11) is 1.35. The molecule has 4 aliphatic heterocycles. The minimum Gasteiger partial charge on any atom is -0.544 e. The Bertz CT molecular complexity index is 2110. The fourth-order valence-corrected chi connectivity index (χ4v) is 7.28. The first kappa shape index (κ1) is 44.7. The molecule has 0 spiro atoms. The number of methoxy groups -OCH3 is 1. The highest BCUT2D eigenvalue weighted by Crippen LogP contribution is 2.38. The summed E-state index contributed by atoms with van der Waals surface area (Å²) in [6, 6.07) is 4.29. The number of carboxylic acid groups (broad SMARTS) is 3. The van der Waals surface area contributed by atoms with Gasteiger partial charge in [0.05, 0.1) is 20.3 Å². The number of allylic oxidation sites excluding steroid dienone is 1. The van der Waals surface area contributed by atoms with E-state index >= 15 is 0 Å². The standard InChI is InChI=1S/C39H44N2O20/c1-56-26-10-17(2-4-24(26)43)3-5-29(45)57-15-39(55)16-58-38(33(39)48)61-32-31(47)30(46)28(14-42)60-37(32)59-27-12-19-11-23(36(53)54)41(22(19)13-25(27)44)7-6-18-8-20(34(49)50)40-21(9-18)35(51)52/h2-6,8,10,12-13,21,23,28,30-33,37-38,40,42-44,46-48,55H,7,9,11,14-16H2,1H3,(H,49,50)(H,51,52)(H,53,54)/t21-,23-,28+,30+,31-,32+,33-,37+,38-,39+/m0/s1. The van der Waals surface area contributed by atoms with Crippen molar-refractivity contribution >= 4 is 35.6 Å². The molecule has 22 heteroatoms. The number of carboxylic acids is 3. The van der Waals surface area contributed by atoms with Crippen LogP contribution >= 0.6 is 0 Å². The van der Waals surface area contributed by atoms with Crippen LogP contribution < -0.4 is 24.8 Å². The Balaban J connectivity index is 1.16. The smallest absolute Gasteiger partial charge is 0.351 e. The Morgan fingerprint density at radius 3 is 2.44 bits per heavy atom. The second-order valence-electron chi connectivity index (χ2n) is 14.7. The molecule has 22 nitrogen and oxygen atoms in total. The number of hydrogen-bond acceptors (Lipinski definition) is 19. The van der Waals surface area contributed by atoms with Gasteiger partial charge in [0, 0.05) is 30.5 Å². The average Bonchev–Trinajstić information content (AvgIpc) is 3.73. The minimum atomic E-state index is -2.24. The summed E-state index contributed by atoms with van der Waals surface area (Å²) in [4.78, 5) is 48.2. The Kier molecular flexibility index (Phi) is 13.5. The van der Waals surface area contributed by atoms with Crippen molar-refractivity contribution in [2.45, 2.75) is 73.6 Å². The molecule has 330 valence electrons. The lowest BCUT2D eigenvalue weighted by Gasteiger charge is -2.42. The van der Waals surface area contributed by atoms with Crippen LogP contribution in [0.25, 0.3) is 6.08 Å². The van der Waals surface area contributed by atoms with Gasteiger partial charge in [0.2, 0.25) is 6.29 Å². The fourth-order valence-electron chi connectivity index (χ4n) is 7.28. The number of carbonyl (C=O) groups excluding carboxylic acids is 2. The normalized spacial score (nSPS) is 31.6. The summed E-state index contributed by atoms with van der Waals surface area (Å²) in [5.74, 6) is -5.95. The lowest BCUT2D eigenvalue weighted by atomic mass is 9.98. The average molecular weight is 861 g/mol. The number of hydrogen-bond donors (Lipinski definition) is 11. The summed E-state index contributed by atoms with van der Waals surface area (Å²) in [5.41, 5.74) is -1.21. The summed E-state index contributed by atoms with van der Waals surface area (Å²) in [6.07, 6.45) is -7.53. The van der Waals surface area contributed by atoms with Crippen molar-refractivity contribution < 1.29 is 104 Å². The van der Waals surface area contributed by atoms with Crippen LogP contribution in [0.5, 0.6) is 23.0 Å². The van der Waals surface area contributed by atoms with E-state index < -0.39 is 110 Å². The molecule has 0 radical (unpaired) electrons. The number of fused-ring (bicyclic) bond motifs is 1. The van der Waals surface area contributed by atoms with Gasteiger partial charge in [0.25, 0.3) is 0 Å². The Morgan fingerprint density at radius 1 is 1.02 bits per heavy atom. The van der Waals surface area contributed by atoms with E-state index in [-0.39, 0.29) is 52.9 Å². The van der Waals surface area contributed by atoms with Crippen LogP contribution in [0.1, 0.15) is 17.5 Å². The summed E-state index contributed by atoms with van der Waals surface area (Å²) in [5, 5.41) is 108. The first-order valence-electron chi connectivity index (χ1n) is 18.7. The first-order valence-corrected chi connectivity index (χ1v) is 18.7. The van der Waals surface area contributed by atoms with Crippen LogP contribution in [0, 0.1) is 0 Å². The van der Waals surface area contributed by atoms with Gasteiger partial charge in [-0.15, -0.1) is 0 Å². The molecule has 2 aromatic carbocycles. The number of esters is 1. The summed E-state index contributed by atoms with van der Waals surface area (Å²) >= 11 is 0. The monoisotopic (exact) mass is 860 g/mol. The van der Waals surface area contributed by atoms with Gasteiger partial charge in [-0.25, -0.2) is 14.4 Å². The number of quaternary nitrogens is 1. The molecule has 0 bridgehead atoms. The predicted molar refractivity (Wildman–Crippen MR) is 198 cm³/mol. The second kappa shape index (κ2) is 18.4. The van der Waals surface area contributed by atoms with Crippen molar-refractivity contribution in [3.63, 3.8) is 0 Å². The number of aliphatic hydroxyl groups excluding tert-OH is 4. The van der Waals surface area contributed by atoms with Crippen molar-refractivity contribution in [3.8, 4) is 23.0 Å². The zero-order valence-corrected chi connectivity index (χ0v) is 32.2. The molecule has 2 fully saturated rings. The topological polar surface area (TPSA) is 345 Å². The summed E-state index contributed by atoms with van der Waals surface area (Å²) < 4.78 is 32.9. The molecule has 0 aromatic heterocycles. The number of phenols is 2. The number of aromatic hydroxyl groups is 2. The van der Waals surface area contributed by atoms with Gasteiger partial charge in [0.1, 0.15) is 67.0 Å². The lowest BCUT2D eigenvalue weighted by molar-refractivity contribution is -0.840. The van der Waals surface area contributed by atoms with E-state index in [0.29, 0.717) is 16.7 Å². The van der Waals surface area contributed by atoms with Crippen molar-refractivity contribution in [2.24, 2.45) is 0 Å². The van der Waals surface area contributed by atoms with E-state index in [1.165, 1.54) is 55.7 Å². The van der Waals surface area contributed by atoms with Crippen LogP contribution in [-0.4, -0.2) is 164 Å². The molecule has 4 aliphatic rings. The van der Waals surface area contributed by atoms with Gasteiger partial charge in [-0.3, -0.25) is 4.90 Å². The van der Waals surface area contributed by atoms with E-state index in [2.05, 4.69) is 5.32 Å². The molecule has 61 heavy (non-hydrogen) atoms. The summed E-state index contributed by atoms with van der Waals surface area (Å²) in [6.45, 7) is -2.35. The highest BCUT2D eigenvalue weighted by atomic mass is 16.8. The van der Waals surface area contributed by atoms with E-state index in [9.17, 15) is 70.2 Å². The molecular weight excluding hydrogens is 816 g/mol. The quantitative estimate of drug-likeness (QED) is 0.0594. The van der Waals surface area contributed by atoms with E-state index in [0.717, 1.165) is 6.08 Å². The highest BCUT2D eigenvalue weighted by Gasteiger charge is 2.54. The largest absolute Gasteiger partial charge is 0.544 e. The highest BCUT2D eigenvalue weighted by molar-refractivity contribution is 5.89. The Hall–Kier alpha value is -5.82. The maximum atomic E-state index is 12.5. The molecular formula is C39H44N2O20. The second-order valence-corrected chi connectivity index (χ2v) is 14.7. The molecule has 1 unspecified atom stereocenters. The van der Waals surface area contributed by atoms with Crippen LogP contribution in [0.2, 0.25) is 0 Å². The molecule has 4 heterocycles. The van der Waals surface area contributed by atoms with E-state index in [1.54, 1.807) is 0 Å². The van der Waals surface area contributed by atoms with Crippen LogP contribution in [0.4, 0.5) is 5.69 Å². The van der Waals surface area contributed by atoms with E-state index in [1.807, 2.05) is 0 Å². The molecule has 6 rings (SSSR count). The first-order chi connectivity index (χ1) is 28.9. The van der Waals surface area contributed by atoms with Crippen molar-refractivity contribution in [1.29, 1.82) is 0 Å². The van der Waals surface area contributed by atoms with Crippen molar-refractivity contribution in [2.75, 3.05) is 33.5 Å². The van der Waals surface area contributed by atoms with Gasteiger partial charge >= 0.3 is 17.9 Å². The molecule has 11 N–H and O–H groups in total. The Morgan fingerprint density at radius 2 is 1.77 bits per heavy atom. The third-order valence-electron chi connectivity index (χ3n) is 10.6. The third-order valence-corrected chi connectivity index (χ3v) is 10.6. The molecule has 2 saturated heterocycles. The van der Waals surface area contributed by atoms with Gasteiger partial charge in [-0.2, -0.15) is 0 Å². The van der Waals surface area contributed by atoms with Gasteiger partial charge in [0.15, 0.2) is 41.0 Å². The zero-order chi connectivity index (χ0) is 44.3. The third kappa shape index (κ3) is 9.72. The minimum absolute atomic E-state index is 0.0955. The van der Waals surface area contributed by atoms with Gasteiger partial charge < -0.3 is 89.6 Å². The number of aliphatic hydroxyl groups is 5. The number of nitrogens with one attached hydrogen (secondary N) is 2. The van der Waals surface area contributed by atoms with Gasteiger partial charge in [-0.1, -0.05) is 6.07 Å².